The average Bonchev–Trinajstić information content (AvgIpc) is 2.89. The van der Waals surface area contributed by atoms with Gasteiger partial charge in [0.1, 0.15) is 0 Å². The molecule has 1 saturated carbocycles. The molecule has 0 bridgehead atoms. The molecule has 0 saturated heterocycles. The normalized spacial score (nSPS) is 23.7. The summed E-state index contributed by atoms with van der Waals surface area (Å²) in [5, 5.41) is 2.94. The maximum absolute atomic E-state index is 11.7. The second kappa shape index (κ2) is 3.97. The van der Waals surface area contributed by atoms with E-state index in [1.54, 1.807) is 0 Å². The molecule has 0 aromatic heterocycles. The molecule has 0 aliphatic heterocycles. The van der Waals surface area contributed by atoms with Crippen molar-refractivity contribution in [2.24, 2.45) is 11.8 Å². The summed E-state index contributed by atoms with van der Waals surface area (Å²) < 4.78 is 1.07. The SMILES string of the molecule is Cc1cc(NC(=O)[C@@H]2C[C@@H]2C)ccc1Br. The minimum Gasteiger partial charge on any atom is -0.326 e. The molecule has 1 aromatic carbocycles. The lowest BCUT2D eigenvalue weighted by atomic mass is 10.2. The number of carbonyl (C=O) groups is 1. The molecule has 0 spiro atoms. The van der Waals surface area contributed by atoms with Crippen LogP contribution in [0.3, 0.4) is 0 Å². The van der Waals surface area contributed by atoms with Gasteiger partial charge in [-0.2, -0.15) is 0 Å². The molecule has 15 heavy (non-hydrogen) atoms. The maximum Gasteiger partial charge on any atom is 0.227 e. The number of anilines is 1. The molecule has 2 atom stereocenters. The first-order valence-electron chi connectivity index (χ1n) is 5.15. The lowest BCUT2D eigenvalue weighted by Crippen LogP contribution is -2.14. The molecule has 3 heteroatoms. The summed E-state index contributed by atoms with van der Waals surface area (Å²) in [5.74, 6) is 0.944. The van der Waals surface area contributed by atoms with Gasteiger partial charge in [0, 0.05) is 16.1 Å². The van der Waals surface area contributed by atoms with Gasteiger partial charge in [0.25, 0.3) is 0 Å². The summed E-state index contributed by atoms with van der Waals surface area (Å²) >= 11 is 3.43. The molecule has 80 valence electrons. The number of hydrogen-bond donors (Lipinski definition) is 1. The largest absolute Gasteiger partial charge is 0.326 e. The van der Waals surface area contributed by atoms with Crippen LogP contribution in [0.25, 0.3) is 0 Å². The Morgan fingerprint density at radius 1 is 1.53 bits per heavy atom. The zero-order valence-electron chi connectivity index (χ0n) is 8.88. The van der Waals surface area contributed by atoms with Gasteiger partial charge < -0.3 is 5.32 Å². The number of rotatable bonds is 2. The van der Waals surface area contributed by atoms with Gasteiger partial charge in [-0.05, 0) is 43.0 Å². The van der Waals surface area contributed by atoms with Gasteiger partial charge in [0.05, 0.1) is 0 Å². The van der Waals surface area contributed by atoms with Crippen LogP contribution >= 0.6 is 15.9 Å². The monoisotopic (exact) mass is 267 g/mol. The van der Waals surface area contributed by atoms with Gasteiger partial charge in [0.15, 0.2) is 0 Å². The van der Waals surface area contributed by atoms with E-state index in [0.717, 1.165) is 22.1 Å². The van der Waals surface area contributed by atoms with E-state index in [1.807, 2.05) is 25.1 Å². The number of amides is 1. The number of nitrogens with one attached hydrogen (secondary N) is 1. The Balaban J connectivity index is 2.04. The van der Waals surface area contributed by atoms with Gasteiger partial charge in [-0.3, -0.25) is 4.79 Å². The van der Waals surface area contributed by atoms with Crippen LogP contribution in [0.5, 0.6) is 0 Å². The molecule has 1 amide bonds. The minimum atomic E-state index is 0.157. The molecule has 1 N–H and O–H groups in total. The van der Waals surface area contributed by atoms with Crippen molar-refractivity contribution in [2.45, 2.75) is 20.3 Å². The van der Waals surface area contributed by atoms with Crippen molar-refractivity contribution >= 4 is 27.5 Å². The molecule has 2 nitrogen and oxygen atoms in total. The lowest BCUT2D eigenvalue weighted by molar-refractivity contribution is -0.117. The van der Waals surface area contributed by atoms with Gasteiger partial charge in [0.2, 0.25) is 5.91 Å². The van der Waals surface area contributed by atoms with Crippen LogP contribution in [-0.4, -0.2) is 5.91 Å². The fraction of sp³-hybridized carbons (Fsp3) is 0.417. The van der Waals surface area contributed by atoms with Crippen LogP contribution in [0.2, 0.25) is 0 Å². The molecule has 1 aliphatic rings. The van der Waals surface area contributed by atoms with Gasteiger partial charge in [-0.1, -0.05) is 22.9 Å². The second-order valence-corrected chi connectivity index (χ2v) is 5.13. The van der Waals surface area contributed by atoms with Crippen LogP contribution in [0.4, 0.5) is 5.69 Å². The predicted octanol–water partition coefficient (Wildman–Crippen LogP) is 3.35. The highest BCUT2D eigenvalue weighted by molar-refractivity contribution is 9.10. The van der Waals surface area contributed by atoms with E-state index in [4.69, 9.17) is 0 Å². The van der Waals surface area contributed by atoms with E-state index in [-0.39, 0.29) is 11.8 Å². The Labute approximate surface area is 98.2 Å². The summed E-state index contributed by atoms with van der Waals surface area (Å²) in [6.07, 6.45) is 1.03. The van der Waals surface area contributed by atoms with Crippen LogP contribution < -0.4 is 5.32 Å². The molecule has 0 heterocycles. The zero-order valence-corrected chi connectivity index (χ0v) is 10.5. The Hall–Kier alpha value is -0.830. The summed E-state index contributed by atoms with van der Waals surface area (Å²) in [6, 6.07) is 5.86. The Morgan fingerprint density at radius 2 is 2.20 bits per heavy atom. The average molecular weight is 268 g/mol. The quantitative estimate of drug-likeness (QED) is 0.875. The molecule has 0 unspecified atom stereocenters. The number of halogens is 1. The number of aryl methyl sites for hydroxylation is 1. The van der Waals surface area contributed by atoms with Crippen molar-refractivity contribution in [2.75, 3.05) is 5.32 Å². The van der Waals surface area contributed by atoms with Crippen LogP contribution in [-0.2, 0) is 4.79 Å². The lowest BCUT2D eigenvalue weighted by Gasteiger charge is -2.06. The summed E-state index contributed by atoms with van der Waals surface area (Å²) in [7, 11) is 0. The molecule has 0 radical (unpaired) electrons. The van der Waals surface area contributed by atoms with E-state index < -0.39 is 0 Å². The third kappa shape index (κ3) is 2.40. The van der Waals surface area contributed by atoms with Gasteiger partial charge in [-0.15, -0.1) is 0 Å². The molecular weight excluding hydrogens is 254 g/mol. The Bertz CT molecular complexity index is 403. The number of benzene rings is 1. The molecule has 1 aliphatic carbocycles. The molecule has 2 rings (SSSR count). The fourth-order valence-corrected chi connectivity index (χ4v) is 1.89. The van der Waals surface area contributed by atoms with E-state index in [9.17, 15) is 4.79 Å². The predicted molar refractivity (Wildman–Crippen MR) is 64.8 cm³/mol. The standard InChI is InChI=1S/C12H14BrNO/c1-7-6-10(7)12(15)14-9-3-4-11(13)8(2)5-9/h3-5,7,10H,6H2,1-2H3,(H,14,15)/t7-,10+/m0/s1. The highest BCUT2D eigenvalue weighted by Gasteiger charge is 2.38. The van der Waals surface area contributed by atoms with E-state index in [0.29, 0.717) is 5.92 Å². The highest BCUT2D eigenvalue weighted by Crippen LogP contribution is 2.38. The van der Waals surface area contributed by atoms with E-state index in [2.05, 4.69) is 28.2 Å². The van der Waals surface area contributed by atoms with Crippen LogP contribution in [0.15, 0.2) is 22.7 Å². The fourth-order valence-electron chi connectivity index (χ4n) is 1.64. The molecule has 1 aromatic rings. The Kier molecular flexibility index (Phi) is 2.83. The van der Waals surface area contributed by atoms with Gasteiger partial charge in [-0.25, -0.2) is 0 Å². The summed E-state index contributed by atoms with van der Waals surface area (Å²) in [4.78, 5) is 11.7. The number of carbonyl (C=O) groups excluding carboxylic acids is 1. The van der Waals surface area contributed by atoms with E-state index >= 15 is 0 Å². The van der Waals surface area contributed by atoms with Crippen molar-refractivity contribution in [1.82, 2.24) is 0 Å². The minimum absolute atomic E-state index is 0.157. The summed E-state index contributed by atoms with van der Waals surface area (Å²) in [6.45, 7) is 4.12. The molecule has 1 fully saturated rings. The van der Waals surface area contributed by atoms with Gasteiger partial charge >= 0.3 is 0 Å². The summed E-state index contributed by atoms with van der Waals surface area (Å²) in [5.41, 5.74) is 2.02. The smallest absolute Gasteiger partial charge is 0.227 e. The Morgan fingerprint density at radius 3 is 2.73 bits per heavy atom. The topological polar surface area (TPSA) is 29.1 Å². The van der Waals surface area contributed by atoms with Crippen LogP contribution in [0, 0.1) is 18.8 Å². The first kappa shape index (κ1) is 10.7. The van der Waals surface area contributed by atoms with Crippen molar-refractivity contribution in [1.29, 1.82) is 0 Å². The maximum atomic E-state index is 11.7. The third-order valence-electron chi connectivity index (χ3n) is 2.87. The van der Waals surface area contributed by atoms with Crippen molar-refractivity contribution in [3.8, 4) is 0 Å². The van der Waals surface area contributed by atoms with Crippen molar-refractivity contribution in [3.05, 3.63) is 28.2 Å². The second-order valence-electron chi connectivity index (χ2n) is 4.27. The van der Waals surface area contributed by atoms with Crippen LogP contribution in [0.1, 0.15) is 18.9 Å². The third-order valence-corrected chi connectivity index (χ3v) is 3.76. The number of hydrogen-bond acceptors (Lipinski definition) is 1. The zero-order chi connectivity index (χ0) is 11.0. The molecular formula is C12H14BrNO. The van der Waals surface area contributed by atoms with Crippen molar-refractivity contribution < 1.29 is 4.79 Å². The highest BCUT2D eigenvalue weighted by atomic mass is 79.9. The van der Waals surface area contributed by atoms with Crippen molar-refractivity contribution in [3.63, 3.8) is 0 Å². The first-order chi connectivity index (χ1) is 7.08. The first-order valence-corrected chi connectivity index (χ1v) is 5.94. The van der Waals surface area contributed by atoms with E-state index in [1.165, 1.54) is 0 Å².